The van der Waals surface area contributed by atoms with Gasteiger partial charge in [-0.1, -0.05) is 25.5 Å². The van der Waals surface area contributed by atoms with Crippen molar-refractivity contribution in [3.8, 4) is 0 Å². The van der Waals surface area contributed by atoms with Crippen LogP contribution in [0.15, 0.2) is 29.2 Å². The molecule has 0 aliphatic heterocycles. The second-order valence-electron chi connectivity index (χ2n) is 4.19. The lowest BCUT2D eigenvalue weighted by molar-refractivity contribution is -0.146. The molecular formula is C15H20O3S. The summed E-state index contributed by atoms with van der Waals surface area (Å²) in [6.07, 6.45) is 3.29. The molecule has 1 rings (SSSR count). The fourth-order valence-electron chi connectivity index (χ4n) is 1.84. The Hall–Kier alpha value is -1.29. The highest BCUT2D eigenvalue weighted by atomic mass is 32.2. The van der Waals surface area contributed by atoms with Crippen LogP contribution in [0.25, 0.3) is 0 Å². The van der Waals surface area contributed by atoms with E-state index in [0.717, 1.165) is 11.3 Å². The van der Waals surface area contributed by atoms with Gasteiger partial charge in [0.1, 0.15) is 5.92 Å². The first-order chi connectivity index (χ1) is 9.13. The molecular weight excluding hydrogens is 260 g/mol. The molecule has 0 radical (unpaired) electrons. The summed E-state index contributed by atoms with van der Waals surface area (Å²) in [6, 6.07) is 7.34. The molecule has 0 heterocycles. The molecule has 0 aliphatic rings. The van der Waals surface area contributed by atoms with Crippen molar-refractivity contribution >= 4 is 23.5 Å². The van der Waals surface area contributed by atoms with Crippen molar-refractivity contribution in [2.75, 3.05) is 12.9 Å². The fourth-order valence-corrected chi connectivity index (χ4v) is 2.25. The van der Waals surface area contributed by atoms with Crippen LogP contribution in [0.2, 0.25) is 0 Å². The Morgan fingerprint density at radius 2 is 1.84 bits per heavy atom. The number of hydrogen-bond acceptors (Lipinski definition) is 4. The molecule has 3 nitrogen and oxygen atoms in total. The van der Waals surface area contributed by atoms with Crippen molar-refractivity contribution in [2.24, 2.45) is 5.92 Å². The summed E-state index contributed by atoms with van der Waals surface area (Å²) < 4.78 is 4.98. The van der Waals surface area contributed by atoms with Gasteiger partial charge in [0, 0.05) is 10.5 Å². The first kappa shape index (κ1) is 15.8. The smallest absolute Gasteiger partial charge is 0.316 e. The van der Waals surface area contributed by atoms with E-state index in [-0.39, 0.29) is 5.78 Å². The van der Waals surface area contributed by atoms with Crippen molar-refractivity contribution in [2.45, 2.75) is 31.6 Å². The highest BCUT2D eigenvalue weighted by molar-refractivity contribution is 7.98. The third kappa shape index (κ3) is 4.39. The number of ketones is 1. The molecule has 4 heteroatoms. The molecule has 1 atom stereocenters. The molecule has 19 heavy (non-hydrogen) atoms. The number of carbonyl (C=O) groups is 2. The molecule has 1 unspecified atom stereocenters. The minimum absolute atomic E-state index is 0.145. The molecule has 0 fully saturated rings. The van der Waals surface area contributed by atoms with E-state index >= 15 is 0 Å². The number of carbonyl (C=O) groups excluding carboxylic acids is 2. The van der Waals surface area contributed by atoms with Crippen molar-refractivity contribution in [1.82, 2.24) is 0 Å². The van der Waals surface area contributed by atoms with Gasteiger partial charge in [-0.05, 0) is 31.7 Å². The van der Waals surface area contributed by atoms with Crippen LogP contribution in [-0.2, 0) is 9.53 Å². The Balaban J connectivity index is 2.88. The molecule has 1 aromatic carbocycles. The van der Waals surface area contributed by atoms with Gasteiger partial charge in [0.25, 0.3) is 0 Å². The third-order valence-corrected chi connectivity index (χ3v) is 3.58. The normalized spacial score (nSPS) is 11.9. The molecule has 0 aromatic heterocycles. The predicted octanol–water partition coefficient (Wildman–Crippen LogP) is 3.57. The van der Waals surface area contributed by atoms with Gasteiger partial charge >= 0.3 is 5.97 Å². The van der Waals surface area contributed by atoms with Crippen LogP contribution in [-0.4, -0.2) is 24.6 Å². The summed E-state index contributed by atoms with van der Waals surface area (Å²) in [5, 5.41) is 0. The Kier molecular flexibility index (Phi) is 6.64. The molecule has 0 spiro atoms. The molecule has 104 valence electrons. The molecule has 0 N–H and O–H groups in total. The maximum Gasteiger partial charge on any atom is 0.316 e. The van der Waals surface area contributed by atoms with Crippen LogP contribution in [0, 0.1) is 5.92 Å². The first-order valence-corrected chi connectivity index (χ1v) is 7.71. The first-order valence-electron chi connectivity index (χ1n) is 6.48. The van der Waals surface area contributed by atoms with Gasteiger partial charge in [-0.25, -0.2) is 0 Å². The highest BCUT2D eigenvalue weighted by Gasteiger charge is 2.27. The molecule has 1 aromatic rings. The van der Waals surface area contributed by atoms with E-state index < -0.39 is 11.9 Å². The molecule has 0 saturated heterocycles. The second kappa shape index (κ2) is 8.00. The van der Waals surface area contributed by atoms with Crippen molar-refractivity contribution in [3.63, 3.8) is 0 Å². The van der Waals surface area contributed by atoms with Gasteiger partial charge in [-0.15, -0.1) is 11.8 Å². The number of benzene rings is 1. The number of thioether (sulfide) groups is 1. The predicted molar refractivity (Wildman–Crippen MR) is 77.6 cm³/mol. The van der Waals surface area contributed by atoms with E-state index in [1.165, 1.54) is 0 Å². The Labute approximate surface area is 118 Å². The van der Waals surface area contributed by atoms with Gasteiger partial charge in [-0.3, -0.25) is 9.59 Å². The van der Waals surface area contributed by atoms with E-state index in [0.29, 0.717) is 18.6 Å². The van der Waals surface area contributed by atoms with Gasteiger partial charge in [0.15, 0.2) is 5.78 Å². The van der Waals surface area contributed by atoms with Crippen LogP contribution >= 0.6 is 11.8 Å². The van der Waals surface area contributed by atoms with Gasteiger partial charge in [0.05, 0.1) is 6.61 Å². The Morgan fingerprint density at radius 3 is 2.32 bits per heavy atom. The molecule has 0 aliphatic carbocycles. The summed E-state index contributed by atoms with van der Waals surface area (Å²) >= 11 is 1.62. The topological polar surface area (TPSA) is 43.4 Å². The lowest BCUT2D eigenvalue weighted by Crippen LogP contribution is -2.26. The van der Waals surface area contributed by atoms with Crippen LogP contribution < -0.4 is 0 Å². The number of hydrogen-bond donors (Lipinski definition) is 0. The van der Waals surface area contributed by atoms with Crippen molar-refractivity contribution in [3.05, 3.63) is 29.8 Å². The van der Waals surface area contributed by atoms with Crippen LogP contribution in [0.1, 0.15) is 37.0 Å². The SMILES string of the molecule is CCCC(C(=O)OCC)C(=O)c1ccc(SC)cc1. The zero-order chi connectivity index (χ0) is 14.3. The Bertz CT molecular complexity index is 426. The van der Waals surface area contributed by atoms with Crippen molar-refractivity contribution in [1.29, 1.82) is 0 Å². The lowest BCUT2D eigenvalue weighted by atomic mass is 9.93. The standard InChI is InChI=1S/C15H20O3S/c1-4-6-13(15(17)18-5-2)14(16)11-7-9-12(19-3)10-8-11/h7-10,13H,4-6H2,1-3H3. The number of ether oxygens (including phenoxy) is 1. The quantitative estimate of drug-likeness (QED) is 0.331. The molecule has 0 bridgehead atoms. The monoisotopic (exact) mass is 280 g/mol. The summed E-state index contributed by atoms with van der Waals surface area (Å²) in [4.78, 5) is 25.3. The van der Waals surface area contributed by atoms with Gasteiger partial charge < -0.3 is 4.74 Å². The zero-order valence-corrected chi connectivity index (χ0v) is 12.5. The van der Waals surface area contributed by atoms with E-state index in [1.807, 2.05) is 25.3 Å². The third-order valence-electron chi connectivity index (χ3n) is 2.84. The number of Topliss-reactive ketones (excluding diaryl/α,β-unsaturated/α-hetero) is 1. The van der Waals surface area contributed by atoms with E-state index in [1.54, 1.807) is 30.8 Å². The number of rotatable bonds is 7. The second-order valence-corrected chi connectivity index (χ2v) is 5.07. The van der Waals surface area contributed by atoms with E-state index in [4.69, 9.17) is 4.74 Å². The molecule has 0 amide bonds. The van der Waals surface area contributed by atoms with E-state index in [2.05, 4.69) is 0 Å². The van der Waals surface area contributed by atoms with Crippen molar-refractivity contribution < 1.29 is 14.3 Å². The van der Waals surface area contributed by atoms with Gasteiger partial charge in [-0.2, -0.15) is 0 Å². The lowest BCUT2D eigenvalue weighted by Gasteiger charge is -2.13. The highest BCUT2D eigenvalue weighted by Crippen LogP contribution is 2.20. The fraction of sp³-hybridized carbons (Fsp3) is 0.467. The minimum atomic E-state index is -0.676. The summed E-state index contributed by atoms with van der Waals surface area (Å²) in [6.45, 7) is 4.01. The van der Waals surface area contributed by atoms with E-state index in [9.17, 15) is 9.59 Å². The number of esters is 1. The maximum absolute atomic E-state index is 12.3. The summed E-state index contributed by atoms with van der Waals surface area (Å²) in [5.41, 5.74) is 0.573. The van der Waals surface area contributed by atoms with Crippen LogP contribution in [0.3, 0.4) is 0 Å². The van der Waals surface area contributed by atoms with Crippen LogP contribution in [0.5, 0.6) is 0 Å². The summed E-state index contributed by atoms with van der Waals surface area (Å²) in [7, 11) is 0. The van der Waals surface area contributed by atoms with Crippen LogP contribution in [0.4, 0.5) is 0 Å². The molecule has 0 saturated carbocycles. The Morgan fingerprint density at radius 1 is 1.21 bits per heavy atom. The zero-order valence-electron chi connectivity index (χ0n) is 11.6. The average molecular weight is 280 g/mol. The minimum Gasteiger partial charge on any atom is -0.465 e. The maximum atomic E-state index is 12.3. The summed E-state index contributed by atoms with van der Waals surface area (Å²) in [5.74, 6) is -1.23. The van der Waals surface area contributed by atoms with Gasteiger partial charge in [0.2, 0.25) is 0 Å². The average Bonchev–Trinajstić information content (AvgIpc) is 2.44. The largest absolute Gasteiger partial charge is 0.465 e.